The maximum atomic E-state index is 13.4. The van der Waals surface area contributed by atoms with Gasteiger partial charge in [-0.15, -0.1) is 0 Å². The molecule has 0 spiro atoms. The number of hydrogen-bond donors (Lipinski definition) is 2. The lowest BCUT2D eigenvalue weighted by atomic mass is 9.81. The number of nitrogens with zero attached hydrogens (tertiary/aromatic N) is 1. The molecule has 0 saturated heterocycles. The molecule has 1 heterocycles. The molecule has 2 amide bonds. The zero-order valence-corrected chi connectivity index (χ0v) is 19.7. The van der Waals surface area contributed by atoms with Crippen LogP contribution in [0.25, 0.3) is 10.8 Å². The van der Waals surface area contributed by atoms with Gasteiger partial charge < -0.3 is 15.4 Å². The van der Waals surface area contributed by atoms with Crippen molar-refractivity contribution >= 4 is 28.5 Å². The van der Waals surface area contributed by atoms with Crippen LogP contribution in [-0.2, 0) is 14.9 Å². The van der Waals surface area contributed by atoms with Gasteiger partial charge in [0.05, 0.1) is 5.41 Å². The molecular weight excluding hydrogens is 402 g/mol. The molecule has 2 N–H and O–H groups in total. The minimum absolute atomic E-state index is 0.0925. The third-order valence-electron chi connectivity index (χ3n) is 4.80. The van der Waals surface area contributed by atoms with Crippen LogP contribution < -0.4 is 10.6 Å². The second kappa shape index (κ2) is 10.8. The van der Waals surface area contributed by atoms with Crippen molar-refractivity contribution in [3.63, 3.8) is 0 Å². The van der Waals surface area contributed by atoms with E-state index in [1.165, 1.54) is 0 Å². The summed E-state index contributed by atoms with van der Waals surface area (Å²) >= 11 is 0. The number of aromatic nitrogens is 1. The van der Waals surface area contributed by atoms with Gasteiger partial charge in [0.1, 0.15) is 5.60 Å². The SMILES string of the molecule is CC.CC(C)(C)OC(=O)NCC(C)(C(=O)Nc1ccc2cnccc2c1)c1ccccc1. The Bertz CT molecular complexity index is 1040. The van der Waals surface area contributed by atoms with E-state index in [4.69, 9.17) is 4.74 Å². The number of amides is 2. The van der Waals surface area contributed by atoms with Crippen LogP contribution in [0.3, 0.4) is 0 Å². The molecule has 1 atom stereocenters. The van der Waals surface area contributed by atoms with Crippen LogP contribution in [0, 0.1) is 0 Å². The maximum Gasteiger partial charge on any atom is 0.407 e. The highest BCUT2D eigenvalue weighted by molar-refractivity contribution is 6.00. The molecule has 0 bridgehead atoms. The van der Waals surface area contributed by atoms with E-state index in [0.717, 1.165) is 16.3 Å². The maximum absolute atomic E-state index is 13.4. The normalized spacial score (nSPS) is 12.7. The van der Waals surface area contributed by atoms with Crippen LogP contribution in [0.1, 0.15) is 47.1 Å². The van der Waals surface area contributed by atoms with Crippen LogP contribution in [0.15, 0.2) is 67.0 Å². The Balaban J connectivity index is 0.00000176. The van der Waals surface area contributed by atoms with Crippen LogP contribution in [0.2, 0.25) is 0 Å². The van der Waals surface area contributed by atoms with Crippen LogP contribution >= 0.6 is 0 Å². The van der Waals surface area contributed by atoms with E-state index in [0.29, 0.717) is 5.69 Å². The Labute approximate surface area is 190 Å². The summed E-state index contributed by atoms with van der Waals surface area (Å²) in [5, 5.41) is 7.71. The average Bonchev–Trinajstić information content (AvgIpc) is 2.78. The zero-order valence-electron chi connectivity index (χ0n) is 19.7. The molecule has 2 aromatic carbocycles. The second-order valence-electron chi connectivity index (χ2n) is 8.45. The standard InChI is InChI=1S/C24H27N3O3.C2H6/c1-23(2,3)30-22(29)26-16-24(4,19-8-6-5-7-9-19)21(28)27-20-11-10-18-15-25-13-12-17(18)14-20;1-2/h5-15H,16H2,1-4H3,(H,26,29)(H,27,28);1-2H3. The Kier molecular flexibility index (Phi) is 8.35. The highest BCUT2D eigenvalue weighted by Gasteiger charge is 2.36. The lowest BCUT2D eigenvalue weighted by molar-refractivity contribution is -0.120. The molecule has 0 aliphatic heterocycles. The summed E-state index contributed by atoms with van der Waals surface area (Å²) < 4.78 is 5.33. The summed E-state index contributed by atoms with van der Waals surface area (Å²) in [6.45, 7) is 11.3. The third kappa shape index (κ3) is 6.54. The molecule has 1 unspecified atom stereocenters. The second-order valence-corrected chi connectivity index (χ2v) is 8.45. The molecule has 3 rings (SSSR count). The summed E-state index contributed by atoms with van der Waals surface area (Å²) in [7, 11) is 0. The van der Waals surface area contributed by atoms with Crippen LogP contribution in [-0.4, -0.2) is 29.1 Å². The van der Waals surface area contributed by atoms with E-state index in [-0.39, 0.29) is 12.5 Å². The number of fused-ring (bicyclic) bond motifs is 1. The molecule has 6 nitrogen and oxygen atoms in total. The van der Waals surface area contributed by atoms with Crippen molar-refractivity contribution in [2.45, 2.75) is 52.6 Å². The summed E-state index contributed by atoms with van der Waals surface area (Å²) in [4.78, 5) is 29.7. The van der Waals surface area contributed by atoms with Crippen LogP contribution in [0.5, 0.6) is 0 Å². The van der Waals surface area contributed by atoms with Gasteiger partial charge in [0.15, 0.2) is 0 Å². The van der Waals surface area contributed by atoms with Gasteiger partial charge in [-0.3, -0.25) is 9.78 Å². The molecular formula is C26H33N3O3. The Morgan fingerprint density at radius 3 is 2.28 bits per heavy atom. The van der Waals surface area contributed by atoms with Crippen molar-refractivity contribution in [1.29, 1.82) is 0 Å². The Morgan fingerprint density at radius 2 is 1.62 bits per heavy atom. The number of pyridine rings is 1. The number of anilines is 1. The quantitative estimate of drug-likeness (QED) is 0.540. The summed E-state index contributed by atoms with van der Waals surface area (Å²) in [6.07, 6.45) is 2.93. The summed E-state index contributed by atoms with van der Waals surface area (Å²) in [6, 6.07) is 16.9. The van der Waals surface area contributed by atoms with E-state index in [2.05, 4.69) is 15.6 Å². The number of ether oxygens (including phenoxy) is 1. The molecule has 1 aromatic heterocycles. The molecule has 6 heteroatoms. The van der Waals surface area contributed by atoms with Crippen molar-refractivity contribution in [1.82, 2.24) is 10.3 Å². The molecule has 0 saturated carbocycles. The van der Waals surface area contributed by atoms with Crippen molar-refractivity contribution in [2.75, 3.05) is 11.9 Å². The average molecular weight is 436 g/mol. The molecule has 32 heavy (non-hydrogen) atoms. The zero-order chi connectivity index (χ0) is 23.8. The number of carbonyl (C=O) groups excluding carboxylic acids is 2. The first-order valence-corrected chi connectivity index (χ1v) is 10.8. The molecule has 170 valence electrons. The largest absolute Gasteiger partial charge is 0.444 e. The highest BCUT2D eigenvalue weighted by atomic mass is 16.6. The topological polar surface area (TPSA) is 80.3 Å². The lowest BCUT2D eigenvalue weighted by Gasteiger charge is -2.30. The first kappa shape index (κ1) is 24.9. The first-order valence-electron chi connectivity index (χ1n) is 10.8. The fraction of sp³-hybridized carbons (Fsp3) is 0.346. The highest BCUT2D eigenvalue weighted by Crippen LogP contribution is 2.26. The molecule has 0 aliphatic rings. The van der Waals surface area contributed by atoms with E-state index in [9.17, 15) is 9.59 Å². The van der Waals surface area contributed by atoms with Crippen molar-refractivity contribution < 1.29 is 14.3 Å². The van der Waals surface area contributed by atoms with Gasteiger partial charge in [0, 0.05) is 30.0 Å². The van der Waals surface area contributed by atoms with Gasteiger partial charge in [-0.05, 0) is 56.8 Å². The number of alkyl carbamates (subject to hydrolysis) is 1. The van der Waals surface area contributed by atoms with Crippen molar-refractivity contribution in [2.24, 2.45) is 0 Å². The predicted octanol–water partition coefficient (Wildman–Crippen LogP) is 5.68. The molecule has 0 aliphatic carbocycles. The number of benzene rings is 2. The minimum atomic E-state index is -0.995. The van der Waals surface area contributed by atoms with Crippen LogP contribution in [0.4, 0.5) is 10.5 Å². The molecule has 0 fully saturated rings. The monoisotopic (exact) mass is 435 g/mol. The number of nitrogens with one attached hydrogen (secondary N) is 2. The summed E-state index contributed by atoms with van der Waals surface area (Å²) in [5.41, 5.74) is -0.137. The fourth-order valence-electron chi connectivity index (χ4n) is 3.11. The number of rotatable bonds is 5. The fourth-order valence-corrected chi connectivity index (χ4v) is 3.11. The van der Waals surface area contributed by atoms with Crippen molar-refractivity contribution in [3.8, 4) is 0 Å². The van der Waals surface area contributed by atoms with E-state index >= 15 is 0 Å². The first-order chi connectivity index (χ1) is 15.2. The van der Waals surface area contributed by atoms with E-state index in [1.54, 1.807) is 40.1 Å². The molecule has 0 radical (unpaired) electrons. The van der Waals surface area contributed by atoms with Gasteiger partial charge in [-0.25, -0.2) is 4.79 Å². The third-order valence-corrected chi connectivity index (χ3v) is 4.80. The van der Waals surface area contributed by atoms with Gasteiger partial charge in [0.25, 0.3) is 0 Å². The number of carbonyl (C=O) groups is 2. The number of hydrogen-bond acceptors (Lipinski definition) is 4. The van der Waals surface area contributed by atoms with Gasteiger partial charge in [-0.2, -0.15) is 0 Å². The molecule has 3 aromatic rings. The summed E-state index contributed by atoms with van der Waals surface area (Å²) in [5.74, 6) is -0.224. The Hall–Kier alpha value is -3.41. The van der Waals surface area contributed by atoms with E-state index < -0.39 is 17.1 Å². The smallest absolute Gasteiger partial charge is 0.407 e. The minimum Gasteiger partial charge on any atom is -0.444 e. The van der Waals surface area contributed by atoms with Gasteiger partial charge in [-0.1, -0.05) is 50.2 Å². The van der Waals surface area contributed by atoms with Gasteiger partial charge >= 0.3 is 6.09 Å². The van der Waals surface area contributed by atoms with Gasteiger partial charge in [0.2, 0.25) is 5.91 Å². The predicted molar refractivity (Wildman–Crippen MR) is 130 cm³/mol. The Morgan fingerprint density at radius 1 is 0.938 bits per heavy atom. The van der Waals surface area contributed by atoms with Crippen molar-refractivity contribution in [3.05, 3.63) is 72.6 Å². The lowest BCUT2D eigenvalue weighted by Crippen LogP contribution is -2.48. The van der Waals surface area contributed by atoms with E-state index in [1.807, 2.05) is 68.4 Å².